The predicted molar refractivity (Wildman–Crippen MR) is 153 cm³/mol. The first-order valence-corrected chi connectivity index (χ1v) is 13.5. The summed E-state index contributed by atoms with van der Waals surface area (Å²) in [4.78, 5) is 66.4. The third-order valence-electron chi connectivity index (χ3n) is 8.06. The minimum Gasteiger partial charge on any atom is -0.377 e. The first kappa shape index (κ1) is 28.3. The number of fused-ring (bicyclic) bond motifs is 2. The van der Waals surface area contributed by atoms with Crippen molar-refractivity contribution in [2.24, 2.45) is 18.9 Å². The van der Waals surface area contributed by atoms with Crippen molar-refractivity contribution in [1.29, 1.82) is 0 Å². The standard InChI is InChI=1S/C28H28F2N8O5.H2/c1-15(38-14-32-24-23(38)26(41)37(27(42)35(24)2)10-17(39)13-43-3)25(40)34-21-6-4-5-20(33-21)16-7-8-22(31-9-16)36-11-18-19(12-36)28(18,29)30;/h4-9,14-15,18-19H,10-13H2,1-3H3,(H,33,34,40);1H/t15-,18?,19?;/m0./s1. The molecule has 1 aliphatic carbocycles. The quantitative estimate of drug-likeness (QED) is 0.305. The highest BCUT2D eigenvalue weighted by atomic mass is 19.3. The molecule has 0 bridgehead atoms. The van der Waals surface area contributed by atoms with Gasteiger partial charge in [0, 0.05) is 40.4 Å². The lowest BCUT2D eigenvalue weighted by Gasteiger charge is -2.20. The number of aromatic nitrogens is 6. The molecule has 1 aliphatic heterocycles. The van der Waals surface area contributed by atoms with E-state index in [0.717, 1.165) is 9.13 Å². The molecule has 1 N–H and O–H groups in total. The number of hydrogen-bond acceptors (Lipinski definition) is 9. The van der Waals surface area contributed by atoms with E-state index in [4.69, 9.17) is 4.74 Å². The fourth-order valence-corrected chi connectivity index (χ4v) is 5.55. The summed E-state index contributed by atoms with van der Waals surface area (Å²) in [6.45, 7) is 1.38. The Morgan fingerprint density at radius 1 is 1.16 bits per heavy atom. The van der Waals surface area contributed by atoms with Crippen LogP contribution in [0.5, 0.6) is 0 Å². The summed E-state index contributed by atoms with van der Waals surface area (Å²) in [7, 11) is 2.76. The Bertz CT molecular complexity index is 1860. The fourth-order valence-electron chi connectivity index (χ4n) is 5.55. The van der Waals surface area contributed by atoms with Gasteiger partial charge in [-0.3, -0.25) is 23.5 Å². The largest absolute Gasteiger partial charge is 0.377 e. The van der Waals surface area contributed by atoms with Crippen molar-refractivity contribution in [2.75, 3.05) is 37.0 Å². The lowest BCUT2D eigenvalue weighted by Crippen LogP contribution is -2.42. The van der Waals surface area contributed by atoms with Crippen LogP contribution >= 0.6 is 0 Å². The molecule has 4 aromatic rings. The number of Topliss-reactive ketones (excluding diaryl/α,β-unsaturated/α-hetero) is 1. The van der Waals surface area contributed by atoms with E-state index in [1.165, 1.54) is 25.1 Å². The van der Waals surface area contributed by atoms with Gasteiger partial charge in [-0.05, 0) is 31.2 Å². The number of hydrogen-bond donors (Lipinski definition) is 1. The Labute approximate surface area is 244 Å². The number of imidazole rings is 1. The molecule has 13 nitrogen and oxygen atoms in total. The number of carbonyl (C=O) groups is 2. The summed E-state index contributed by atoms with van der Waals surface area (Å²) >= 11 is 0. The van der Waals surface area contributed by atoms with Crippen molar-refractivity contribution in [3.8, 4) is 11.3 Å². The van der Waals surface area contributed by atoms with E-state index in [1.807, 2.05) is 4.90 Å². The molecule has 2 aliphatic rings. The minimum atomic E-state index is -2.56. The Kier molecular flexibility index (Phi) is 6.91. The highest BCUT2D eigenvalue weighted by Gasteiger charge is 2.71. The van der Waals surface area contributed by atoms with E-state index in [9.17, 15) is 28.0 Å². The Morgan fingerprint density at radius 3 is 2.58 bits per heavy atom. The number of pyridine rings is 2. The third-order valence-corrected chi connectivity index (χ3v) is 8.06. The summed E-state index contributed by atoms with van der Waals surface area (Å²) in [5.41, 5.74) is -0.204. The van der Waals surface area contributed by atoms with Crippen LogP contribution in [0.4, 0.5) is 20.4 Å². The molecule has 1 saturated heterocycles. The van der Waals surface area contributed by atoms with Crippen LogP contribution in [-0.4, -0.2) is 73.1 Å². The Hall–Kier alpha value is -4.79. The van der Waals surface area contributed by atoms with Crippen LogP contribution in [0, 0.1) is 11.8 Å². The second-order valence-corrected chi connectivity index (χ2v) is 10.8. The number of aryl methyl sites for hydroxylation is 1. The number of piperidine rings is 1. The van der Waals surface area contributed by atoms with Crippen molar-refractivity contribution >= 4 is 34.5 Å². The van der Waals surface area contributed by atoms with E-state index >= 15 is 0 Å². The second-order valence-electron chi connectivity index (χ2n) is 10.8. The SMILES string of the molecule is COCC(=O)Cn1c(=O)c2c(ncn2[C@@H](C)C(=O)Nc2cccc(-c3ccc(N4CC5C(C4)C5(F)F)nc3)n2)n(C)c1=O.[HH]. The molecular formula is C28H30F2N8O5. The molecule has 5 heterocycles. The first-order chi connectivity index (χ1) is 20.5. The van der Waals surface area contributed by atoms with Crippen LogP contribution < -0.4 is 21.5 Å². The second kappa shape index (κ2) is 10.5. The van der Waals surface area contributed by atoms with E-state index in [1.54, 1.807) is 43.5 Å². The number of methoxy groups -OCH3 is 1. The van der Waals surface area contributed by atoms with Crippen molar-refractivity contribution < 1.29 is 24.5 Å². The molecular weight excluding hydrogens is 566 g/mol. The number of rotatable bonds is 9. The summed E-state index contributed by atoms with van der Waals surface area (Å²) in [6, 6.07) is 7.69. The molecule has 43 heavy (non-hydrogen) atoms. The van der Waals surface area contributed by atoms with Crippen LogP contribution in [0.3, 0.4) is 0 Å². The van der Waals surface area contributed by atoms with Crippen LogP contribution in [0.25, 0.3) is 22.4 Å². The normalized spacial score (nSPS) is 19.3. The highest BCUT2D eigenvalue weighted by Crippen LogP contribution is 2.59. The number of halogens is 2. The molecule has 3 atom stereocenters. The van der Waals surface area contributed by atoms with Crippen LogP contribution in [-0.2, 0) is 27.9 Å². The summed E-state index contributed by atoms with van der Waals surface area (Å²) in [5.74, 6) is -3.86. The zero-order valence-corrected chi connectivity index (χ0v) is 23.5. The molecule has 226 valence electrons. The van der Waals surface area contributed by atoms with Gasteiger partial charge in [-0.2, -0.15) is 0 Å². The van der Waals surface area contributed by atoms with Gasteiger partial charge in [0.1, 0.15) is 24.3 Å². The summed E-state index contributed by atoms with van der Waals surface area (Å²) in [5, 5.41) is 2.74. The van der Waals surface area contributed by atoms with Gasteiger partial charge in [0.25, 0.3) is 11.5 Å². The van der Waals surface area contributed by atoms with Gasteiger partial charge in [0.2, 0.25) is 5.91 Å². The zero-order chi connectivity index (χ0) is 30.6. The van der Waals surface area contributed by atoms with Gasteiger partial charge in [-0.25, -0.2) is 28.5 Å². The minimum absolute atomic E-state index is 0. The third kappa shape index (κ3) is 4.88. The number of amides is 1. The number of anilines is 2. The van der Waals surface area contributed by atoms with E-state index in [2.05, 4.69) is 20.3 Å². The Balaban J connectivity index is 0.00000384. The highest BCUT2D eigenvalue weighted by molar-refractivity contribution is 5.93. The molecule has 2 fully saturated rings. The maximum Gasteiger partial charge on any atom is 0.332 e. The maximum absolute atomic E-state index is 13.5. The summed E-state index contributed by atoms with van der Waals surface area (Å²) in [6.07, 6.45) is 2.90. The van der Waals surface area contributed by atoms with Gasteiger partial charge in [0.05, 0.1) is 30.4 Å². The van der Waals surface area contributed by atoms with E-state index < -0.39 is 53.3 Å². The molecule has 6 rings (SSSR count). The molecule has 0 radical (unpaired) electrons. The molecule has 1 saturated carbocycles. The Morgan fingerprint density at radius 2 is 1.91 bits per heavy atom. The monoisotopic (exact) mass is 596 g/mol. The van der Waals surface area contributed by atoms with Gasteiger partial charge < -0.3 is 19.5 Å². The van der Waals surface area contributed by atoms with Gasteiger partial charge >= 0.3 is 5.69 Å². The average Bonchev–Trinajstić information content (AvgIpc) is 3.41. The van der Waals surface area contributed by atoms with Crippen molar-refractivity contribution in [3.63, 3.8) is 0 Å². The number of ketones is 1. The predicted octanol–water partition coefficient (Wildman–Crippen LogP) is 1.72. The molecule has 4 aromatic heterocycles. The van der Waals surface area contributed by atoms with Crippen LogP contribution in [0.15, 0.2) is 52.4 Å². The lowest BCUT2D eigenvalue weighted by atomic mass is 10.2. The van der Waals surface area contributed by atoms with E-state index in [-0.39, 0.29) is 38.1 Å². The molecule has 0 aromatic carbocycles. The van der Waals surface area contributed by atoms with Crippen molar-refractivity contribution in [3.05, 3.63) is 63.7 Å². The number of ether oxygens (including phenoxy) is 1. The number of nitrogens with one attached hydrogen (secondary N) is 1. The van der Waals surface area contributed by atoms with Gasteiger partial charge in [-0.1, -0.05) is 6.07 Å². The zero-order valence-electron chi connectivity index (χ0n) is 23.5. The molecule has 2 unspecified atom stereocenters. The summed E-state index contributed by atoms with van der Waals surface area (Å²) < 4.78 is 35.2. The number of carbonyl (C=O) groups excluding carboxylic acids is 2. The smallest absolute Gasteiger partial charge is 0.332 e. The molecule has 15 heteroatoms. The van der Waals surface area contributed by atoms with E-state index in [0.29, 0.717) is 17.1 Å². The topological polar surface area (TPSA) is 146 Å². The van der Waals surface area contributed by atoms with Gasteiger partial charge in [-0.15, -0.1) is 0 Å². The van der Waals surface area contributed by atoms with Crippen LogP contribution in [0.2, 0.25) is 0 Å². The molecule has 1 amide bonds. The van der Waals surface area contributed by atoms with Gasteiger partial charge in [0.15, 0.2) is 16.9 Å². The fraction of sp³-hybridized carbons (Fsp3) is 0.393. The molecule has 0 spiro atoms. The maximum atomic E-state index is 13.5. The first-order valence-electron chi connectivity index (χ1n) is 13.5. The average molecular weight is 597 g/mol. The number of nitrogens with zero attached hydrogens (tertiary/aromatic N) is 7. The van der Waals surface area contributed by atoms with Crippen molar-refractivity contribution in [1.82, 2.24) is 28.7 Å². The van der Waals surface area contributed by atoms with Crippen molar-refractivity contribution in [2.45, 2.75) is 25.4 Å². The van der Waals surface area contributed by atoms with Crippen LogP contribution in [0.1, 0.15) is 14.4 Å². The lowest BCUT2D eigenvalue weighted by molar-refractivity contribution is -0.123. The number of alkyl halides is 2.